The van der Waals surface area contributed by atoms with Crippen LogP contribution in [0.25, 0.3) is 0 Å². The molecule has 0 aliphatic rings. The number of amides is 1. The fourth-order valence-corrected chi connectivity index (χ4v) is 2.49. The van der Waals surface area contributed by atoms with Gasteiger partial charge in [0.05, 0.1) is 6.61 Å². The molecule has 7 heteroatoms. The summed E-state index contributed by atoms with van der Waals surface area (Å²) in [4.78, 5) is 11.7. The van der Waals surface area contributed by atoms with Crippen LogP contribution >= 0.6 is 27.3 Å². The van der Waals surface area contributed by atoms with Crippen LogP contribution in [0.1, 0.15) is 17.8 Å². The van der Waals surface area contributed by atoms with Gasteiger partial charge >= 0.3 is 0 Å². The molecular formula is C13H14BrN3O2S. The first-order valence-corrected chi connectivity index (χ1v) is 7.73. The first-order chi connectivity index (χ1) is 9.63. The van der Waals surface area contributed by atoms with Crippen molar-refractivity contribution in [3.05, 3.63) is 33.7 Å². The number of halogens is 1. The summed E-state index contributed by atoms with van der Waals surface area (Å²) in [7, 11) is 0. The number of aromatic nitrogens is 2. The Hall–Kier alpha value is -1.47. The van der Waals surface area contributed by atoms with Crippen molar-refractivity contribution < 1.29 is 9.53 Å². The van der Waals surface area contributed by atoms with E-state index in [-0.39, 0.29) is 5.91 Å². The van der Waals surface area contributed by atoms with Gasteiger partial charge in [-0.2, -0.15) is 0 Å². The quantitative estimate of drug-likeness (QED) is 0.806. The average molecular weight is 356 g/mol. The van der Waals surface area contributed by atoms with Gasteiger partial charge in [-0.05, 0) is 31.5 Å². The van der Waals surface area contributed by atoms with Gasteiger partial charge < -0.3 is 10.1 Å². The fraction of sp³-hybridized carbons (Fsp3) is 0.308. The lowest BCUT2D eigenvalue weighted by atomic mass is 10.3. The lowest BCUT2D eigenvalue weighted by molar-refractivity contribution is -0.116. The van der Waals surface area contributed by atoms with E-state index in [2.05, 4.69) is 31.4 Å². The second kappa shape index (κ2) is 7.35. The summed E-state index contributed by atoms with van der Waals surface area (Å²) in [5.41, 5.74) is 0. The summed E-state index contributed by atoms with van der Waals surface area (Å²) in [6.45, 7) is 2.35. The summed E-state index contributed by atoms with van der Waals surface area (Å²) < 4.78 is 6.53. The van der Waals surface area contributed by atoms with E-state index in [1.807, 2.05) is 31.2 Å². The molecule has 0 aliphatic heterocycles. The highest BCUT2D eigenvalue weighted by molar-refractivity contribution is 9.10. The molecule has 0 atom stereocenters. The van der Waals surface area contributed by atoms with Crippen LogP contribution in [0.15, 0.2) is 28.7 Å². The van der Waals surface area contributed by atoms with E-state index < -0.39 is 0 Å². The molecule has 1 amide bonds. The minimum atomic E-state index is -0.0704. The SMILES string of the molecule is Cc1nnc(NC(=O)CCCOc2cccc(Br)c2)s1. The highest BCUT2D eigenvalue weighted by Crippen LogP contribution is 2.18. The van der Waals surface area contributed by atoms with Crippen LogP contribution in [0.4, 0.5) is 5.13 Å². The van der Waals surface area contributed by atoms with Crippen LogP contribution in [0.2, 0.25) is 0 Å². The van der Waals surface area contributed by atoms with Crippen molar-refractivity contribution in [3.63, 3.8) is 0 Å². The number of nitrogens with one attached hydrogen (secondary N) is 1. The molecule has 0 saturated carbocycles. The number of benzene rings is 1. The summed E-state index contributed by atoms with van der Waals surface area (Å²) in [5.74, 6) is 0.721. The van der Waals surface area contributed by atoms with E-state index in [1.165, 1.54) is 11.3 Å². The van der Waals surface area contributed by atoms with Gasteiger partial charge in [0, 0.05) is 10.9 Å². The Morgan fingerprint density at radius 3 is 3.00 bits per heavy atom. The standard InChI is InChI=1S/C13H14BrN3O2S/c1-9-16-17-13(20-9)15-12(18)6-3-7-19-11-5-2-4-10(14)8-11/h2,4-5,8H,3,6-7H2,1H3,(H,15,17,18). The van der Waals surface area contributed by atoms with Crippen LogP contribution in [0.3, 0.4) is 0 Å². The smallest absolute Gasteiger partial charge is 0.226 e. The molecule has 1 aromatic carbocycles. The molecule has 106 valence electrons. The second-order valence-electron chi connectivity index (χ2n) is 4.08. The maximum Gasteiger partial charge on any atom is 0.226 e. The van der Waals surface area contributed by atoms with E-state index in [4.69, 9.17) is 4.74 Å². The molecule has 2 aromatic rings. The largest absolute Gasteiger partial charge is 0.494 e. The van der Waals surface area contributed by atoms with Gasteiger partial charge in [0.1, 0.15) is 10.8 Å². The van der Waals surface area contributed by atoms with Crippen LogP contribution in [-0.2, 0) is 4.79 Å². The van der Waals surface area contributed by atoms with Crippen LogP contribution in [-0.4, -0.2) is 22.7 Å². The highest BCUT2D eigenvalue weighted by Gasteiger charge is 2.06. The van der Waals surface area contributed by atoms with Crippen molar-refractivity contribution in [2.24, 2.45) is 0 Å². The molecule has 2 rings (SSSR count). The number of carbonyl (C=O) groups is 1. The summed E-state index contributed by atoms with van der Waals surface area (Å²) in [6, 6.07) is 7.62. The molecule has 1 aromatic heterocycles. The Balaban J connectivity index is 1.67. The monoisotopic (exact) mass is 355 g/mol. The van der Waals surface area contributed by atoms with Gasteiger partial charge in [-0.3, -0.25) is 4.79 Å². The van der Waals surface area contributed by atoms with Crippen LogP contribution in [0, 0.1) is 6.92 Å². The van der Waals surface area contributed by atoms with Crippen molar-refractivity contribution in [3.8, 4) is 5.75 Å². The maximum absolute atomic E-state index is 11.7. The number of aryl methyl sites for hydroxylation is 1. The zero-order valence-corrected chi connectivity index (χ0v) is 13.3. The fourth-order valence-electron chi connectivity index (χ4n) is 1.51. The van der Waals surface area contributed by atoms with Crippen LogP contribution in [0.5, 0.6) is 5.75 Å². The Morgan fingerprint density at radius 1 is 1.45 bits per heavy atom. The van der Waals surface area contributed by atoms with Gasteiger partial charge in [0.2, 0.25) is 11.0 Å². The third kappa shape index (κ3) is 4.90. The van der Waals surface area contributed by atoms with Crippen molar-refractivity contribution in [1.29, 1.82) is 0 Å². The molecule has 1 N–H and O–H groups in total. The average Bonchev–Trinajstić information content (AvgIpc) is 2.80. The number of rotatable bonds is 6. The first kappa shape index (κ1) is 14.9. The minimum absolute atomic E-state index is 0.0704. The number of ether oxygens (including phenoxy) is 1. The van der Waals surface area contributed by atoms with E-state index in [9.17, 15) is 4.79 Å². The molecule has 5 nitrogen and oxygen atoms in total. The Labute approximate surface area is 129 Å². The summed E-state index contributed by atoms with van der Waals surface area (Å²) in [6.07, 6.45) is 1.04. The zero-order chi connectivity index (χ0) is 14.4. The van der Waals surface area contributed by atoms with Gasteiger partial charge in [-0.1, -0.05) is 33.3 Å². The van der Waals surface area contributed by atoms with Gasteiger partial charge in [0.25, 0.3) is 0 Å². The summed E-state index contributed by atoms with van der Waals surface area (Å²) >= 11 is 4.74. The molecule has 0 fully saturated rings. The lowest BCUT2D eigenvalue weighted by Crippen LogP contribution is -2.12. The van der Waals surface area contributed by atoms with E-state index >= 15 is 0 Å². The van der Waals surface area contributed by atoms with Gasteiger partial charge in [0.15, 0.2) is 0 Å². The Bertz CT molecular complexity index is 589. The molecule has 20 heavy (non-hydrogen) atoms. The molecule has 0 unspecified atom stereocenters. The Kier molecular flexibility index (Phi) is 5.49. The number of nitrogens with zero attached hydrogens (tertiary/aromatic N) is 2. The molecule has 0 saturated heterocycles. The van der Waals surface area contributed by atoms with Gasteiger partial charge in [-0.25, -0.2) is 0 Å². The first-order valence-electron chi connectivity index (χ1n) is 6.12. The zero-order valence-electron chi connectivity index (χ0n) is 10.9. The van der Waals surface area contributed by atoms with E-state index in [0.29, 0.717) is 24.6 Å². The number of hydrogen-bond acceptors (Lipinski definition) is 5. The Morgan fingerprint density at radius 2 is 2.30 bits per heavy atom. The number of hydrogen-bond donors (Lipinski definition) is 1. The number of carbonyl (C=O) groups excluding carboxylic acids is 1. The highest BCUT2D eigenvalue weighted by atomic mass is 79.9. The molecule has 1 heterocycles. The lowest BCUT2D eigenvalue weighted by Gasteiger charge is -2.06. The van der Waals surface area contributed by atoms with E-state index in [0.717, 1.165) is 15.2 Å². The van der Waals surface area contributed by atoms with Crippen molar-refractivity contribution in [2.45, 2.75) is 19.8 Å². The van der Waals surface area contributed by atoms with Crippen molar-refractivity contribution >= 4 is 38.3 Å². The topological polar surface area (TPSA) is 64.1 Å². The van der Waals surface area contributed by atoms with Crippen molar-refractivity contribution in [2.75, 3.05) is 11.9 Å². The third-order valence-electron chi connectivity index (χ3n) is 2.39. The molecule has 0 spiro atoms. The van der Waals surface area contributed by atoms with Crippen molar-refractivity contribution in [1.82, 2.24) is 10.2 Å². The molecule has 0 bridgehead atoms. The molecule has 0 aliphatic carbocycles. The third-order valence-corrected chi connectivity index (χ3v) is 3.63. The van der Waals surface area contributed by atoms with Crippen LogP contribution < -0.4 is 10.1 Å². The normalized spacial score (nSPS) is 10.3. The second-order valence-corrected chi connectivity index (χ2v) is 6.18. The predicted molar refractivity (Wildman–Crippen MR) is 82.1 cm³/mol. The molecule has 0 radical (unpaired) electrons. The maximum atomic E-state index is 11.7. The predicted octanol–water partition coefficient (Wildman–Crippen LogP) is 3.41. The molecular weight excluding hydrogens is 342 g/mol. The van der Waals surface area contributed by atoms with E-state index in [1.54, 1.807) is 0 Å². The minimum Gasteiger partial charge on any atom is -0.494 e. The number of anilines is 1. The van der Waals surface area contributed by atoms with Gasteiger partial charge in [-0.15, -0.1) is 10.2 Å². The summed E-state index contributed by atoms with van der Waals surface area (Å²) in [5, 5.41) is 11.8.